The van der Waals surface area contributed by atoms with Crippen molar-refractivity contribution >= 4 is 0 Å². The van der Waals surface area contributed by atoms with Crippen LogP contribution < -0.4 is 14.8 Å². The molecule has 16 heavy (non-hydrogen) atoms. The maximum absolute atomic E-state index is 6.03. The molecule has 0 spiro atoms. The van der Waals surface area contributed by atoms with Crippen LogP contribution in [0.25, 0.3) is 0 Å². The van der Waals surface area contributed by atoms with E-state index in [9.17, 15) is 0 Å². The summed E-state index contributed by atoms with van der Waals surface area (Å²) >= 11 is 0. The molecule has 0 saturated carbocycles. The molecule has 1 atom stereocenters. The van der Waals surface area contributed by atoms with Gasteiger partial charge in [-0.3, -0.25) is 0 Å². The average Bonchev–Trinajstić information content (AvgIpc) is 2.30. The van der Waals surface area contributed by atoms with Gasteiger partial charge in [0.25, 0.3) is 0 Å². The largest absolute Gasteiger partial charge is 0.493 e. The van der Waals surface area contributed by atoms with Gasteiger partial charge in [-0.2, -0.15) is 0 Å². The Labute approximate surface area is 97.8 Å². The van der Waals surface area contributed by atoms with Gasteiger partial charge in [0.15, 0.2) is 11.5 Å². The third-order valence-corrected chi connectivity index (χ3v) is 2.72. The minimum Gasteiger partial charge on any atom is -0.493 e. The number of para-hydroxylation sites is 2. The molecule has 90 valence electrons. The fourth-order valence-corrected chi connectivity index (χ4v) is 1.58. The van der Waals surface area contributed by atoms with Gasteiger partial charge in [-0.25, -0.2) is 0 Å². The summed E-state index contributed by atoms with van der Waals surface area (Å²) in [7, 11) is 3.59. The molecule has 0 amide bonds. The molecule has 1 aromatic rings. The number of rotatable bonds is 6. The molecule has 3 nitrogen and oxygen atoms in total. The predicted molar refractivity (Wildman–Crippen MR) is 66.2 cm³/mol. The zero-order valence-corrected chi connectivity index (χ0v) is 10.5. The molecule has 3 heteroatoms. The Kier molecular flexibility index (Phi) is 4.62. The van der Waals surface area contributed by atoms with Crippen LogP contribution in [0.4, 0.5) is 0 Å². The van der Waals surface area contributed by atoms with Crippen LogP contribution in [-0.2, 0) is 0 Å². The van der Waals surface area contributed by atoms with Crippen LogP contribution in [0.2, 0.25) is 0 Å². The third kappa shape index (κ3) is 3.14. The normalized spacial score (nSPS) is 14.2. The van der Waals surface area contributed by atoms with E-state index in [-0.39, 0.29) is 5.60 Å². The van der Waals surface area contributed by atoms with E-state index in [0.29, 0.717) is 0 Å². The van der Waals surface area contributed by atoms with E-state index in [1.807, 2.05) is 31.3 Å². The van der Waals surface area contributed by atoms with Gasteiger partial charge in [0.05, 0.1) is 7.11 Å². The quantitative estimate of drug-likeness (QED) is 0.803. The monoisotopic (exact) mass is 223 g/mol. The molecule has 0 fully saturated rings. The number of likely N-dealkylation sites (N-methyl/N-ethyl adjacent to an activating group) is 1. The summed E-state index contributed by atoms with van der Waals surface area (Å²) in [5.74, 6) is 1.57. The molecule has 1 rings (SSSR count). The molecule has 0 aliphatic rings. The topological polar surface area (TPSA) is 30.5 Å². The van der Waals surface area contributed by atoms with Crippen molar-refractivity contribution in [2.75, 3.05) is 20.7 Å². The summed E-state index contributed by atoms with van der Waals surface area (Å²) in [6.45, 7) is 5.02. The van der Waals surface area contributed by atoms with Crippen molar-refractivity contribution in [2.45, 2.75) is 25.9 Å². The fraction of sp³-hybridized carbons (Fsp3) is 0.538. The molecular weight excluding hydrogens is 202 g/mol. The van der Waals surface area contributed by atoms with Crippen LogP contribution in [0, 0.1) is 0 Å². The maximum atomic E-state index is 6.03. The van der Waals surface area contributed by atoms with E-state index >= 15 is 0 Å². The number of ether oxygens (including phenoxy) is 2. The first-order valence-corrected chi connectivity index (χ1v) is 5.62. The summed E-state index contributed by atoms with van der Waals surface area (Å²) < 4.78 is 11.3. The Morgan fingerprint density at radius 2 is 1.88 bits per heavy atom. The highest BCUT2D eigenvalue weighted by molar-refractivity contribution is 5.39. The molecule has 1 unspecified atom stereocenters. The summed E-state index contributed by atoms with van der Waals surface area (Å²) in [5, 5.41) is 3.15. The Hall–Kier alpha value is -1.22. The van der Waals surface area contributed by atoms with Crippen molar-refractivity contribution in [1.29, 1.82) is 0 Å². The molecule has 1 aromatic carbocycles. The van der Waals surface area contributed by atoms with E-state index in [2.05, 4.69) is 19.2 Å². The van der Waals surface area contributed by atoms with Crippen LogP contribution in [-0.4, -0.2) is 26.3 Å². The second kappa shape index (κ2) is 5.75. The van der Waals surface area contributed by atoms with Gasteiger partial charge in [0, 0.05) is 6.54 Å². The molecule has 0 radical (unpaired) electrons. The maximum Gasteiger partial charge on any atom is 0.162 e. The molecular formula is C13H21NO2. The van der Waals surface area contributed by atoms with Gasteiger partial charge in [0.2, 0.25) is 0 Å². The first kappa shape index (κ1) is 12.8. The van der Waals surface area contributed by atoms with Gasteiger partial charge in [0.1, 0.15) is 5.60 Å². The van der Waals surface area contributed by atoms with Crippen molar-refractivity contribution in [3.05, 3.63) is 24.3 Å². The lowest BCUT2D eigenvalue weighted by Crippen LogP contribution is -2.41. The minimum absolute atomic E-state index is 0.205. The van der Waals surface area contributed by atoms with Crippen molar-refractivity contribution in [3.63, 3.8) is 0 Å². The Morgan fingerprint density at radius 3 is 2.38 bits per heavy atom. The van der Waals surface area contributed by atoms with E-state index < -0.39 is 0 Å². The van der Waals surface area contributed by atoms with Gasteiger partial charge in [-0.15, -0.1) is 0 Å². The van der Waals surface area contributed by atoms with Gasteiger partial charge in [-0.1, -0.05) is 19.1 Å². The molecule has 0 saturated heterocycles. The highest BCUT2D eigenvalue weighted by atomic mass is 16.5. The lowest BCUT2D eigenvalue weighted by atomic mass is 10.0. The van der Waals surface area contributed by atoms with Crippen LogP contribution in [0.15, 0.2) is 24.3 Å². The molecule has 0 aromatic heterocycles. The average molecular weight is 223 g/mol. The highest BCUT2D eigenvalue weighted by Crippen LogP contribution is 2.30. The molecule has 0 bridgehead atoms. The number of hydrogen-bond acceptors (Lipinski definition) is 3. The Morgan fingerprint density at radius 1 is 1.25 bits per heavy atom. The number of benzene rings is 1. The van der Waals surface area contributed by atoms with E-state index in [1.165, 1.54) is 0 Å². The third-order valence-electron chi connectivity index (χ3n) is 2.72. The Balaban J connectivity index is 2.85. The first-order valence-electron chi connectivity index (χ1n) is 5.62. The van der Waals surface area contributed by atoms with Crippen LogP contribution in [0.1, 0.15) is 20.3 Å². The lowest BCUT2D eigenvalue weighted by molar-refractivity contribution is 0.0821. The van der Waals surface area contributed by atoms with E-state index in [1.54, 1.807) is 7.11 Å². The number of methoxy groups -OCH3 is 1. The second-order valence-electron chi connectivity index (χ2n) is 4.09. The molecule has 1 N–H and O–H groups in total. The zero-order chi connectivity index (χ0) is 12.0. The van der Waals surface area contributed by atoms with Crippen LogP contribution in [0.5, 0.6) is 11.5 Å². The summed E-state index contributed by atoms with van der Waals surface area (Å²) in [5.41, 5.74) is -0.205. The molecule has 0 aliphatic carbocycles. The first-order chi connectivity index (χ1) is 7.65. The lowest BCUT2D eigenvalue weighted by Gasteiger charge is -2.30. The van der Waals surface area contributed by atoms with Crippen molar-refractivity contribution in [1.82, 2.24) is 5.32 Å². The van der Waals surface area contributed by atoms with Gasteiger partial charge in [-0.05, 0) is 32.5 Å². The van der Waals surface area contributed by atoms with E-state index in [4.69, 9.17) is 9.47 Å². The standard InChI is InChI=1S/C13H21NO2/c1-5-13(2,10-14-3)16-12-9-7-6-8-11(12)15-4/h6-9,14H,5,10H2,1-4H3. The van der Waals surface area contributed by atoms with E-state index in [0.717, 1.165) is 24.5 Å². The summed E-state index contributed by atoms with van der Waals surface area (Å²) in [6.07, 6.45) is 0.936. The number of nitrogens with one attached hydrogen (secondary N) is 1. The second-order valence-corrected chi connectivity index (χ2v) is 4.09. The summed E-state index contributed by atoms with van der Waals surface area (Å²) in [4.78, 5) is 0. The highest BCUT2D eigenvalue weighted by Gasteiger charge is 2.24. The SMILES string of the molecule is CCC(C)(CNC)Oc1ccccc1OC. The molecule has 0 heterocycles. The summed E-state index contributed by atoms with van der Waals surface area (Å²) in [6, 6.07) is 7.73. The Bertz CT molecular complexity index is 327. The van der Waals surface area contributed by atoms with Crippen LogP contribution in [0.3, 0.4) is 0 Å². The van der Waals surface area contributed by atoms with Crippen molar-refractivity contribution < 1.29 is 9.47 Å². The van der Waals surface area contributed by atoms with Gasteiger partial charge >= 0.3 is 0 Å². The number of hydrogen-bond donors (Lipinski definition) is 1. The minimum atomic E-state index is -0.205. The van der Waals surface area contributed by atoms with Crippen molar-refractivity contribution in [2.24, 2.45) is 0 Å². The fourth-order valence-electron chi connectivity index (χ4n) is 1.58. The van der Waals surface area contributed by atoms with Crippen LogP contribution >= 0.6 is 0 Å². The smallest absolute Gasteiger partial charge is 0.162 e. The van der Waals surface area contributed by atoms with Gasteiger partial charge < -0.3 is 14.8 Å². The predicted octanol–water partition coefficient (Wildman–Crippen LogP) is 2.46. The molecule has 0 aliphatic heterocycles. The van der Waals surface area contributed by atoms with Crippen molar-refractivity contribution in [3.8, 4) is 11.5 Å². The zero-order valence-electron chi connectivity index (χ0n) is 10.5.